The molecule has 41 heavy (non-hydrogen) atoms. The molecule has 9 nitrogen and oxygen atoms in total. The number of thioether (sulfide) groups is 1. The van der Waals surface area contributed by atoms with E-state index in [0.717, 1.165) is 17.3 Å². The van der Waals surface area contributed by atoms with Crippen molar-refractivity contribution in [3.63, 3.8) is 0 Å². The van der Waals surface area contributed by atoms with E-state index in [2.05, 4.69) is 15.5 Å². The van der Waals surface area contributed by atoms with Crippen molar-refractivity contribution in [2.24, 2.45) is 10.2 Å². The fourth-order valence-electron chi connectivity index (χ4n) is 3.87. The molecule has 1 aliphatic heterocycles. The average Bonchev–Trinajstić information content (AvgIpc) is 3.59. The fraction of sp³-hybridized carbons (Fsp3) is 0.0968. The number of nitrogens with zero attached hydrogens (tertiary/aromatic N) is 3. The highest BCUT2D eigenvalue weighted by atomic mass is 32.2. The third kappa shape index (κ3) is 7.11. The highest BCUT2D eigenvalue weighted by molar-refractivity contribution is 8.18. The predicted molar refractivity (Wildman–Crippen MR) is 160 cm³/mol. The number of furan rings is 1. The SMILES string of the molecule is Cc1ccc(NC(=O)COc2ccccc2/C=C2\S/C(=N\N=C\c3ccccc3O)N(Cc3ccco3)C2=O)cc1. The largest absolute Gasteiger partial charge is 0.507 e. The highest BCUT2D eigenvalue weighted by Crippen LogP contribution is 2.35. The number of phenolic OH excluding ortho intramolecular Hbond substituents is 1. The van der Waals surface area contributed by atoms with Crippen LogP contribution in [0.1, 0.15) is 22.5 Å². The van der Waals surface area contributed by atoms with Gasteiger partial charge in [-0.25, -0.2) is 0 Å². The Hall–Kier alpha value is -5.09. The van der Waals surface area contributed by atoms with Gasteiger partial charge in [0.05, 0.1) is 23.9 Å². The van der Waals surface area contributed by atoms with E-state index in [-0.39, 0.29) is 30.7 Å². The lowest BCUT2D eigenvalue weighted by atomic mass is 10.2. The molecule has 0 radical (unpaired) electrons. The van der Waals surface area contributed by atoms with E-state index in [0.29, 0.717) is 38.4 Å². The highest BCUT2D eigenvalue weighted by Gasteiger charge is 2.34. The van der Waals surface area contributed by atoms with Crippen molar-refractivity contribution in [1.29, 1.82) is 0 Å². The number of aromatic hydroxyl groups is 1. The molecule has 1 aliphatic rings. The van der Waals surface area contributed by atoms with Crippen LogP contribution >= 0.6 is 11.8 Å². The van der Waals surface area contributed by atoms with Crippen LogP contribution in [0.15, 0.2) is 111 Å². The van der Waals surface area contributed by atoms with Crippen molar-refractivity contribution in [2.45, 2.75) is 13.5 Å². The monoisotopic (exact) mass is 566 g/mol. The summed E-state index contributed by atoms with van der Waals surface area (Å²) in [5.41, 5.74) is 2.90. The predicted octanol–water partition coefficient (Wildman–Crippen LogP) is 5.82. The summed E-state index contributed by atoms with van der Waals surface area (Å²) < 4.78 is 11.3. The molecule has 2 amide bonds. The van der Waals surface area contributed by atoms with Gasteiger partial charge in [0.25, 0.3) is 11.8 Å². The Morgan fingerprint density at radius 2 is 1.78 bits per heavy atom. The molecule has 0 bridgehead atoms. The van der Waals surface area contributed by atoms with Crippen molar-refractivity contribution in [2.75, 3.05) is 11.9 Å². The molecule has 0 unspecified atom stereocenters. The summed E-state index contributed by atoms with van der Waals surface area (Å²) in [6.07, 6.45) is 4.66. The number of benzene rings is 3. The third-order valence-electron chi connectivity index (χ3n) is 5.96. The van der Waals surface area contributed by atoms with Gasteiger partial charge in [-0.15, -0.1) is 5.10 Å². The first-order chi connectivity index (χ1) is 20.0. The lowest BCUT2D eigenvalue weighted by Crippen LogP contribution is -2.28. The molecule has 206 valence electrons. The number of rotatable bonds is 9. The Labute approximate surface area is 240 Å². The minimum absolute atomic E-state index is 0.0729. The van der Waals surface area contributed by atoms with Crippen LogP contribution in [0.4, 0.5) is 5.69 Å². The van der Waals surface area contributed by atoms with Gasteiger partial charge in [0, 0.05) is 16.8 Å². The Morgan fingerprint density at radius 3 is 2.54 bits per heavy atom. The van der Waals surface area contributed by atoms with E-state index in [1.54, 1.807) is 60.7 Å². The van der Waals surface area contributed by atoms with Gasteiger partial charge in [0.1, 0.15) is 17.3 Å². The maximum absolute atomic E-state index is 13.5. The average molecular weight is 567 g/mol. The van der Waals surface area contributed by atoms with Gasteiger partial charge >= 0.3 is 0 Å². The van der Waals surface area contributed by atoms with Crippen LogP contribution in [-0.2, 0) is 16.1 Å². The molecule has 0 atom stereocenters. The topological polar surface area (TPSA) is 117 Å². The summed E-state index contributed by atoms with van der Waals surface area (Å²) in [6.45, 7) is 1.94. The molecule has 2 N–H and O–H groups in total. The molecule has 1 fully saturated rings. The quantitative estimate of drug-likeness (QED) is 0.150. The van der Waals surface area contributed by atoms with Gasteiger partial charge < -0.3 is 19.6 Å². The second-order valence-corrected chi connectivity index (χ2v) is 10.0. The zero-order valence-electron chi connectivity index (χ0n) is 22.1. The van der Waals surface area contributed by atoms with E-state index in [1.807, 2.05) is 37.3 Å². The second kappa shape index (κ2) is 12.8. The van der Waals surface area contributed by atoms with E-state index < -0.39 is 0 Å². The normalized spacial score (nSPS) is 15.2. The molecule has 0 aliphatic carbocycles. The van der Waals surface area contributed by atoms with Crippen LogP contribution in [0.3, 0.4) is 0 Å². The number of hydrogen-bond donors (Lipinski definition) is 2. The zero-order chi connectivity index (χ0) is 28.6. The first-order valence-corrected chi connectivity index (χ1v) is 13.5. The summed E-state index contributed by atoms with van der Waals surface area (Å²) in [7, 11) is 0. The second-order valence-electron chi connectivity index (χ2n) is 9.01. The van der Waals surface area contributed by atoms with Crippen LogP contribution in [-0.4, -0.2) is 39.8 Å². The maximum atomic E-state index is 13.5. The lowest BCUT2D eigenvalue weighted by molar-refractivity contribution is -0.122. The summed E-state index contributed by atoms with van der Waals surface area (Å²) in [6, 6.07) is 24.9. The minimum atomic E-state index is -0.302. The van der Waals surface area contributed by atoms with Crippen LogP contribution in [0.5, 0.6) is 11.5 Å². The maximum Gasteiger partial charge on any atom is 0.267 e. The van der Waals surface area contributed by atoms with Crippen molar-refractivity contribution in [1.82, 2.24) is 4.90 Å². The molecule has 5 rings (SSSR count). The number of hydrogen-bond acceptors (Lipinski definition) is 8. The van der Waals surface area contributed by atoms with Gasteiger partial charge in [0.2, 0.25) is 0 Å². The fourth-order valence-corrected chi connectivity index (χ4v) is 4.79. The molecule has 2 heterocycles. The molecule has 0 spiro atoms. The van der Waals surface area contributed by atoms with E-state index in [1.165, 1.54) is 17.4 Å². The van der Waals surface area contributed by atoms with Crippen LogP contribution in [0.25, 0.3) is 6.08 Å². The Morgan fingerprint density at radius 1 is 1.02 bits per heavy atom. The van der Waals surface area contributed by atoms with Gasteiger partial charge in [-0.2, -0.15) is 5.10 Å². The zero-order valence-corrected chi connectivity index (χ0v) is 22.9. The first-order valence-electron chi connectivity index (χ1n) is 12.7. The van der Waals surface area contributed by atoms with E-state index in [4.69, 9.17) is 9.15 Å². The summed E-state index contributed by atoms with van der Waals surface area (Å²) >= 11 is 1.15. The molecule has 10 heteroatoms. The standard InChI is InChI=1S/C31H26N4O5S/c1-21-12-14-24(15-13-21)33-29(37)20-40-27-11-5-3-7-22(27)17-28-30(38)35(19-25-9-6-16-39-25)31(41-28)34-32-18-23-8-2-4-10-26(23)36/h2-18,36H,19-20H2,1H3,(H,33,37)/b28-17-,32-18+,34-31-. The van der Waals surface area contributed by atoms with Crippen LogP contribution in [0.2, 0.25) is 0 Å². The molecule has 0 saturated carbocycles. The first kappa shape index (κ1) is 27.5. The number of para-hydroxylation sites is 2. The smallest absolute Gasteiger partial charge is 0.267 e. The van der Waals surface area contributed by atoms with Gasteiger partial charge in [0.15, 0.2) is 11.8 Å². The van der Waals surface area contributed by atoms with Gasteiger partial charge in [-0.05, 0) is 67.2 Å². The summed E-state index contributed by atoms with van der Waals surface area (Å²) in [4.78, 5) is 27.8. The van der Waals surface area contributed by atoms with Crippen LogP contribution < -0.4 is 10.1 Å². The Bertz CT molecular complexity index is 1630. The number of amides is 2. The molecule has 1 aromatic heterocycles. The number of anilines is 1. The molecule has 1 saturated heterocycles. The number of carbonyl (C=O) groups excluding carboxylic acids is 2. The number of carbonyl (C=O) groups is 2. The number of aryl methyl sites for hydroxylation is 1. The molecular formula is C31H26N4O5S. The minimum Gasteiger partial charge on any atom is -0.507 e. The lowest BCUT2D eigenvalue weighted by Gasteiger charge is -2.12. The van der Waals surface area contributed by atoms with Gasteiger partial charge in [-0.3, -0.25) is 14.5 Å². The molecular weight excluding hydrogens is 540 g/mol. The van der Waals surface area contributed by atoms with Crippen LogP contribution in [0, 0.1) is 6.92 Å². The van der Waals surface area contributed by atoms with E-state index >= 15 is 0 Å². The number of nitrogens with one attached hydrogen (secondary N) is 1. The number of phenols is 1. The summed E-state index contributed by atoms with van der Waals surface area (Å²) in [5, 5.41) is 21.5. The summed E-state index contributed by atoms with van der Waals surface area (Å²) in [5.74, 6) is 0.525. The molecule has 3 aromatic carbocycles. The van der Waals surface area contributed by atoms with E-state index in [9.17, 15) is 14.7 Å². The van der Waals surface area contributed by atoms with Crippen molar-refractivity contribution in [3.8, 4) is 11.5 Å². The molecule has 4 aromatic rings. The Balaban J connectivity index is 1.34. The van der Waals surface area contributed by atoms with Gasteiger partial charge in [-0.1, -0.05) is 48.0 Å². The number of amidine groups is 1. The van der Waals surface area contributed by atoms with Crippen molar-refractivity contribution in [3.05, 3.63) is 119 Å². The van der Waals surface area contributed by atoms with Crippen molar-refractivity contribution >= 4 is 46.7 Å². The third-order valence-corrected chi connectivity index (χ3v) is 6.96. The van der Waals surface area contributed by atoms with Crippen molar-refractivity contribution < 1.29 is 23.8 Å². The number of ether oxygens (including phenoxy) is 1. The Kier molecular flexibility index (Phi) is 8.61.